The number of aliphatic hydroxyl groups excluding tert-OH is 1. The monoisotopic (exact) mass is 671 g/mol. The van der Waals surface area contributed by atoms with Gasteiger partial charge in [-0.2, -0.15) is 0 Å². The number of anilines is 1. The van der Waals surface area contributed by atoms with Gasteiger partial charge in [-0.15, -0.1) is 0 Å². The largest absolute Gasteiger partial charge is 0.497 e. The van der Waals surface area contributed by atoms with E-state index in [-0.39, 0.29) is 18.9 Å². The van der Waals surface area contributed by atoms with Crippen molar-refractivity contribution in [1.82, 2.24) is 19.5 Å². The van der Waals surface area contributed by atoms with Crippen LogP contribution in [-0.4, -0.2) is 70.6 Å². The van der Waals surface area contributed by atoms with E-state index in [9.17, 15) is 9.90 Å². The summed E-state index contributed by atoms with van der Waals surface area (Å²) >= 11 is 0. The van der Waals surface area contributed by atoms with E-state index in [1.165, 1.54) is 11.2 Å². The zero-order chi connectivity index (χ0) is 34.7. The molecule has 7 rings (SSSR count). The summed E-state index contributed by atoms with van der Waals surface area (Å²) in [6.07, 6.45) is 1.17. The van der Waals surface area contributed by atoms with Gasteiger partial charge < -0.3 is 24.1 Å². The van der Waals surface area contributed by atoms with Crippen molar-refractivity contribution in [1.29, 1.82) is 0 Å². The zero-order valence-corrected chi connectivity index (χ0v) is 27.9. The van der Waals surface area contributed by atoms with E-state index in [0.29, 0.717) is 22.5 Å². The minimum Gasteiger partial charge on any atom is -0.497 e. The molecule has 0 aliphatic carbocycles. The van der Waals surface area contributed by atoms with Gasteiger partial charge in [0, 0.05) is 19.0 Å². The first-order valence-electron chi connectivity index (χ1n) is 16.3. The van der Waals surface area contributed by atoms with Gasteiger partial charge in [-0.3, -0.25) is 14.3 Å². The predicted molar refractivity (Wildman–Crippen MR) is 187 cm³/mol. The molecule has 11 nitrogen and oxygen atoms in total. The van der Waals surface area contributed by atoms with Gasteiger partial charge in [0.05, 0.1) is 33.3 Å². The van der Waals surface area contributed by atoms with E-state index >= 15 is 0 Å². The number of benzene rings is 4. The zero-order valence-electron chi connectivity index (χ0n) is 27.9. The fraction of sp³-hybridized carbons (Fsp3) is 0.231. The standard InChI is InChI=1S/C39H37N5O6/c1-43(38(46)26-10-6-4-7-11-26)36-35-37(41-24-40-36)44(25-42-35)34-22-32(45)33(50-34)23-49-39(27-12-8-5-9-13-27,28-14-18-30(47-2)19-15-28)29-16-20-31(48-3)21-17-29/h4-21,24-25,32-34,45H,22-23H2,1-3H3. The van der Waals surface area contributed by atoms with Crippen molar-refractivity contribution in [3.05, 3.63) is 144 Å². The predicted octanol–water partition coefficient (Wildman–Crippen LogP) is 5.78. The Morgan fingerprint density at radius 2 is 1.42 bits per heavy atom. The molecule has 6 aromatic rings. The Kier molecular flexibility index (Phi) is 9.27. The SMILES string of the molecule is COc1ccc(C(OCC2OC(n3cnc4c(N(C)C(=O)c5ccccc5)ncnc43)CC2O)(c2ccccc2)c2ccc(OC)cc2)cc1. The van der Waals surface area contributed by atoms with Crippen molar-refractivity contribution < 1.29 is 28.8 Å². The summed E-state index contributed by atoms with van der Waals surface area (Å²) in [4.78, 5) is 28.1. The molecule has 0 saturated carbocycles. The van der Waals surface area contributed by atoms with Crippen molar-refractivity contribution in [2.24, 2.45) is 0 Å². The third kappa shape index (κ3) is 6.07. The molecule has 1 saturated heterocycles. The number of aliphatic hydroxyl groups is 1. The van der Waals surface area contributed by atoms with Crippen LogP contribution in [0.4, 0.5) is 5.82 Å². The Labute approximate surface area is 289 Å². The minimum atomic E-state index is -1.07. The number of fused-ring (bicyclic) bond motifs is 1. The van der Waals surface area contributed by atoms with Crippen LogP contribution in [0.1, 0.15) is 39.7 Å². The molecular formula is C39H37N5O6. The summed E-state index contributed by atoms with van der Waals surface area (Å²) in [7, 11) is 4.92. The van der Waals surface area contributed by atoms with Gasteiger partial charge in [-0.25, -0.2) is 15.0 Å². The van der Waals surface area contributed by atoms with Crippen LogP contribution in [-0.2, 0) is 15.1 Å². The fourth-order valence-electron chi connectivity index (χ4n) is 6.48. The van der Waals surface area contributed by atoms with Crippen molar-refractivity contribution in [3.8, 4) is 11.5 Å². The average molecular weight is 672 g/mol. The molecule has 1 aliphatic heterocycles. The number of hydrogen-bond donors (Lipinski definition) is 1. The van der Waals surface area contributed by atoms with Crippen molar-refractivity contribution in [3.63, 3.8) is 0 Å². The molecule has 3 heterocycles. The number of carbonyl (C=O) groups excluding carboxylic acids is 1. The summed E-state index contributed by atoms with van der Waals surface area (Å²) in [6, 6.07) is 34.5. The number of amides is 1. The van der Waals surface area contributed by atoms with E-state index in [0.717, 1.165) is 28.2 Å². The van der Waals surface area contributed by atoms with Gasteiger partial charge in [0.25, 0.3) is 5.91 Å². The molecule has 4 aromatic carbocycles. The minimum absolute atomic E-state index is 0.0613. The van der Waals surface area contributed by atoms with Crippen LogP contribution in [0.15, 0.2) is 122 Å². The van der Waals surface area contributed by atoms with Gasteiger partial charge in [0.1, 0.15) is 35.8 Å². The molecule has 2 aromatic heterocycles. The third-order valence-electron chi connectivity index (χ3n) is 9.13. The summed E-state index contributed by atoms with van der Waals surface area (Å²) in [5.41, 5.74) is 3.03. The van der Waals surface area contributed by atoms with Crippen molar-refractivity contribution in [2.45, 2.75) is 30.5 Å². The van der Waals surface area contributed by atoms with Gasteiger partial charge in [-0.05, 0) is 53.1 Å². The van der Waals surface area contributed by atoms with Crippen LogP contribution in [0.25, 0.3) is 11.2 Å². The Morgan fingerprint density at radius 3 is 2.02 bits per heavy atom. The number of carbonyl (C=O) groups is 1. The first-order chi connectivity index (χ1) is 24.4. The van der Waals surface area contributed by atoms with Gasteiger partial charge in [-0.1, -0.05) is 72.8 Å². The molecule has 0 radical (unpaired) electrons. The Morgan fingerprint density at radius 1 is 0.840 bits per heavy atom. The maximum absolute atomic E-state index is 13.2. The van der Waals surface area contributed by atoms with Gasteiger partial charge >= 0.3 is 0 Å². The van der Waals surface area contributed by atoms with Crippen molar-refractivity contribution >= 4 is 22.9 Å². The maximum atomic E-state index is 13.2. The molecule has 50 heavy (non-hydrogen) atoms. The molecule has 1 fully saturated rings. The van der Waals surface area contributed by atoms with E-state index in [1.807, 2.05) is 97.1 Å². The smallest absolute Gasteiger partial charge is 0.259 e. The second-order valence-corrected chi connectivity index (χ2v) is 12.0. The van der Waals surface area contributed by atoms with Crippen LogP contribution in [0.3, 0.4) is 0 Å². The molecule has 0 bridgehead atoms. The number of hydrogen-bond acceptors (Lipinski definition) is 9. The van der Waals surface area contributed by atoms with E-state index in [2.05, 4.69) is 15.0 Å². The van der Waals surface area contributed by atoms with Crippen LogP contribution < -0.4 is 14.4 Å². The number of rotatable bonds is 11. The lowest BCUT2D eigenvalue weighted by Crippen LogP contribution is -2.38. The highest BCUT2D eigenvalue weighted by molar-refractivity contribution is 6.08. The highest BCUT2D eigenvalue weighted by Gasteiger charge is 2.42. The molecule has 1 aliphatic rings. The van der Waals surface area contributed by atoms with E-state index in [4.69, 9.17) is 18.9 Å². The average Bonchev–Trinajstić information content (AvgIpc) is 3.78. The Bertz CT molecular complexity index is 2010. The van der Waals surface area contributed by atoms with Crippen molar-refractivity contribution in [2.75, 3.05) is 32.8 Å². The number of methoxy groups -OCH3 is 2. The normalized spacial score (nSPS) is 17.5. The highest BCUT2D eigenvalue weighted by atomic mass is 16.6. The van der Waals surface area contributed by atoms with Crippen LogP contribution in [0.2, 0.25) is 0 Å². The Hall–Kier alpha value is -5.62. The van der Waals surface area contributed by atoms with Crippen LogP contribution in [0.5, 0.6) is 11.5 Å². The molecule has 0 spiro atoms. The maximum Gasteiger partial charge on any atom is 0.259 e. The number of nitrogens with zero attached hydrogens (tertiary/aromatic N) is 5. The molecule has 254 valence electrons. The second kappa shape index (κ2) is 14.1. The first kappa shape index (κ1) is 32.9. The molecule has 3 atom stereocenters. The van der Waals surface area contributed by atoms with Crippen LogP contribution >= 0.6 is 0 Å². The number of imidazole rings is 1. The van der Waals surface area contributed by atoms with E-state index in [1.54, 1.807) is 44.3 Å². The first-order valence-corrected chi connectivity index (χ1v) is 16.3. The summed E-state index contributed by atoms with van der Waals surface area (Å²) in [5.74, 6) is 1.59. The molecule has 11 heteroatoms. The van der Waals surface area contributed by atoms with Gasteiger partial charge in [0.15, 0.2) is 17.0 Å². The number of ether oxygens (including phenoxy) is 4. The summed E-state index contributed by atoms with van der Waals surface area (Å²) < 4.78 is 26.2. The molecule has 1 N–H and O–H groups in total. The second-order valence-electron chi connectivity index (χ2n) is 12.0. The quantitative estimate of drug-likeness (QED) is 0.171. The lowest BCUT2D eigenvalue weighted by Gasteiger charge is -2.37. The van der Waals surface area contributed by atoms with E-state index < -0.39 is 24.0 Å². The van der Waals surface area contributed by atoms with Gasteiger partial charge in [0.2, 0.25) is 0 Å². The number of aromatic nitrogens is 4. The third-order valence-corrected chi connectivity index (χ3v) is 9.13. The molecule has 3 unspecified atom stereocenters. The summed E-state index contributed by atoms with van der Waals surface area (Å²) in [5, 5.41) is 11.4. The molecule has 1 amide bonds. The molecular weight excluding hydrogens is 634 g/mol. The lowest BCUT2D eigenvalue weighted by molar-refractivity contribution is -0.0931. The topological polar surface area (TPSA) is 121 Å². The van der Waals surface area contributed by atoms with Crippen LogP contribution in [0, 0.1) is 0 Å². The fourth-order valence-corrected chi connectivity index (χ4v) is 6.48. The Balaban J connectivity index is 1.19. The summed E-state index contributed by atoms with van der Waals surface area (Å²) in [6.45, 7) is 0.0613. The lowest BCUT2D eigenvalue weighted by atomic mass is 9.80. The highest BCUT2D eigenvalue weighted by Crippen LogP contribution is 2.43.